The molecule has 0 spiro atoms. The van der Waals surface area contributed by atoms with Gasteiger partial charge in [0.1, 0.15) is 18.3 Å². The number of rotatable bonds is 4. The lowest BCUT2D eigenvalue weighted by molar-refractivity contribution is -0.0551. The Hall–Kier alpha value is -1.52. The van der Waals surface area contributed by atoms with Crippen LogP contribution in [0.25, 0.3) is 0 Å². The summed E-state index contributed by atoms with van der Waals surface area (Å²) < 4.78 is 6.13. The molecule has 1 aromatic rings. The molecule has 0 bridgehead atoms. The Balaban J connectivity index is 2.40. The normalized spacial score (nSPS) is 29.8. The Bertz CT molecular complexity index is 581. The molecule has 2 rings (SSSR count). The summed E-state index contributed by atoms with van der Waals surface area (Å²) >= 11 is 0. The third-order valence-electron chi connectivity index (χ3n) is 3.21. The molecular formula is C11H16N2O7. The first-order valence-corrected chi connectivity index (χ1v) is 6.07. The molecule has 1 aliphatic rings. The maximum atomic E-state index is 11.7. The fourth-order valence-corrected chi connectivity index (χ4v) is 2.12. The van der Waals surface area contributed by atoms with Gasteiger partial charge >= 0.3 is 5.69 Å². The number of H-pyrrole nitrogens is 1. The molecule has 2 heterocycles. The van der Waals surface area contributed by atoms with Gasteiger partial charge in [-0.15, -0.1) is 0 Å². The standard InChI is InChI=1S/C11H16N2O7/c14-2-1-5-3-13(11(19)12-9(5)18)10-8(17)7(16)6(4-15)20-10/h3,6-8,10,14-17H,1-2,4H2,(H,12,18,19). The van der Waals surface area contributed by atoms with Crippen molar-refractivity contribution in [2.75, 3.05) is 13.2 Å². The predicted octanol–water partition coefficient (Wildman–Crippen LogP) is -3.32. The molecule has 0 saturated carbocycles. The van der Waals surface area contributed by atoms with Crippen LogP contribution in [0.15, 0.2) is 15.8 Å². The van der Waals surface area contributed by atoms with Gasteiger partial charge in [-0.1, -0.05) is 0 Å². The molecule has 0 radical (unpaired) electrons. The van der Waals surface area contributed by atoms with Crippen LogP contribution in [0.4, 0.5) is 0 Å². The Kier molecular flexibility index (Phi) is 4.35. The van der Waals surface area contributed by atoms with Gasteiger partial charge in [-0.25, -0.2) is 4.79 Å². The first-order chi connectivity index (χ1) is 9.49. The Labute approximate surface area is 112 Å². The van der Waals surface area contributed by atoms with E-state index in [1.54, 1.807) is 0 Å². The van der Waals surface area contributed by atoms with Crippen molar-refractivity contribution in [1.29, 1.82) is 0 Å². The molecule has 1 fully saturated rings. The number of hydrogen-bond donors (Lipinski definition) is 5. The minimum Gasteiger partial charge on any atom is -0.396 e. The van der Waals surface area contributed by atoms with Gasteiger partial charge in [0.15, 0.2) is 6.23 Å². The van der Waals surface area contributed by atoms with Gasteiger partial charge in [-0.3, -0.25) is 14.3 Å². The molecule has 20 heavy (non-hydrogen) atoms. The Morgan fingerprint density at radius 1 is 1.25 bits per heavy atom. The van der Waals surface area contributed by atoms with Crippen LogP contribution in [0, 0.1) is 0 Å². The van der Waals surface area contributed by atoms with Crippen molar-refractivity contribution in [3.63, 3.8) is 0 Å². The number of hydrogen-bond acceptors (Lipinski definition) is 7. The summed E-state index contributed by atoms with van der Waals surface area (Å²) in [6.45, 7) is -0.798. The maximum Gasteiger partial charge on any atom is 0.330 e. The van der Waals surface area contributed by atoms with E-state index in [4.69, 9.17) is 14.9 Å². The summed E-state index contributed by atoms with van der Waals surface area (Å²) in [5, 5.41) is 37.3. The fraction of sp³-hybridized carbons (Fsp3) is 0.636. The average molecular weight is 288 g/mol. The summed E-state index contributed by atoms with van der Waals surface area (Å²) in [5.74, 6) is 0. The predicted molar refractivity (Wildman–Crippen MR) is 65.1 cm³/mol. The SMILES string of the molecule is O=c1[nH]c(=O)n(C2OC(CO)C(O)C2O)cc1CCO. The van der Waals surface area contributed by atoms with Crippen LogP contribution in [-0.2, 0) is 11.2 Å². The van der Waals surface area contributed by atoms with Crippen molar-refractivity contribution in [3.8, 4) is 0 Å². The quantitative estimate of drug-likeness (QED) is 0.390. The molecule has 9 nitrogen and oxygen atoms in total. The lowest BCUT2D eigenvalue weighted by atomic mass is 10.1. The molecule has 5 N–H and O–H groups in total. The molecule has 0 amide bonds. The zero-order valence-electron chi connectivity index (χ0n) is 10.5. The second kappa shape index (κ2) is 5.85. The van der Waals surface area contributed by atoms with E-state index in [1.807, 2.05) is 4.98 Å². The fourth-order valence-electron chi connectivity index (χ4n) is 2.12. The van der Waals surface area contributed by atoms with Crippen LogP contribution in [0.2, 0.25) is 0 Å². The summed E-state index contributed by atoms with van der Waals surface area (Å²) in [7, 11) is 0. The van der Waals surface area contributed by atoms with Gasteiger partial charge in [-0.2, -0.15) is 0 Å². The van der Waals surface area contributed by atoms with Crippen LogP contribution < -0.4 is 11.2 Å². The molecule has 1 saturated heterocycles. The van der Waals surface area contributed by atoms with Gasteiger partial charge < -0.3 is 25.2 Å². The van der Waals surface area contributed by atoms with Gasteiger partial charge in [0.25, 0.3) is 5.56 Å². The van der Waals surface area contributed by atoms with E-state index >= 15 is 0 Å². The first-order valence-electron chi connectivity index (χ1n) is 6.07. The third-order valence-corrected chi connectivity index (χ3v) is 3.21. The van der Waals surface area contributed by atoms with Crippen molar-refractivity contribution < 1.29 is 25.2 Å². The van der Waals surface area contributed by atoms with E-state index in [9.17, 15) is 19.8 Å². The molecule has 112 valence electrons. The summed E-state index contributed by atoms with van der Waals surface area (Å²) in [6.07, 6.45) is -3.80. The number of nitrogens with one attached hydrogen (secondary N) is 1. The van der Waals surface area contributed by atoms with Gasteiger partial charge in [0.05, 0.1) is 6.61 Å². The summed E-state index contributed by atoms with van der Waals surface area (Å²) in [5.41, 5.74) is -1.30. The average Bonchev–Trinajstić information content (AvgIpc) is 2.70. The van der Waals surface area contributed by atoms with E-state index in [1.165, 1.54) is 0 Å². The van der Waals surface area contributed by atoms with E-state index in [0.717, 1.165) is 10.8 Å². The van der Waals surface area contributed by atoms with Crippen LogP contribution in [-0.4, -0.2) is 61.5 Å². The second-order valence-corrected chi connectivity index (χ2v) is 4.52. The highest BCUT2D eigenvalue weighted by Gasteiger charge is 2.43. The van der Waals surface area contributed by atoms with Crippen molar-refractivity contribution in [2.45, 2.75) is 31.0 Å². The molecule has 0 aromatic carbocycles. The van der Waals surface area contributed by atoms with Crippen molar-refractivity contribution in [2.24, 2.45) is 0 Å². The number of ether oxygens (including phenoxy) is 1. The number of aliphatic hydroxyl groups excluding tert-OH is 4. The maximum absolute atomic E-state index is 11.7. The molecular weight excluding hydrogens is 272 g/mol. The molecule has 4 atom stereocenters. The highest BCUT2D eigenvalue weighted by Crippen LogP contribution is 2.27. The van der Waals surface area contributed by atoms with Gasteiger partial charge in [0.2, 0.25) is 0 Å². The zero-order valence-corrected chi connectivity index (χ0v) is 10.5. The largest absolute Gasteiger partial charge is 0.396 e. The van der Waals surface area contributed by atoms with E-state index in [2.05, 4.69) is 0 Å². The van der Waals surface area contributed by atoms with Crippen LogP contribution in [0.5, 0.6) is 0 Å². The topological polar surface area (TPSA) is 145 Å². The lowest BCUT2D eigenvalue weighted by Crippen LogP contribution is -2.39. The zero-order chi connectivity index (χ0) is 14.9. The van der Waals surface area contributed by atoms with E-state index in [0.29, 0.717) is 0 Å². The van der Waals surface area contributed by atoms with Crippen molar-refractivity contribution in [3.05, 3.63) is 32.6 Å². The summed E-state index contributed by atoms with van der Waals surface area (Å²) in [4.78, 5) is 25.3. The second-order valence-electron chi connectivity index (χ2n) is 4.52. The van der Waals surface area contributed by atoms with E-state index in [-0.39, 0.29) is 18.6 Å². The van der Waals surface area contributed by atoms with Gasteiger partial charge in [-0.05, 0) is 0 Å². The minimum atomic E-state index is -1.42. The van der Waals surface area contributed by atoms with Crippen molar-refractivity contribution >= 4 is 0 Å². The number of aromatic amines is 1. The monoisotopic (exact) mass is 288 g/mol. The number of aromatic nitrogens is 2. The molecule has 4 unspecified atom stereocenters. The molecule has 1 aromatic heterocycles. The van der Waals surface area contributed by atoms with Crippen LogP contribution >= 0.6 is 0 Å². The lowest BCUT2D eigenvalue weighted by Gasteiger charge is -2.17. The van der Waals surface area contributed by atoms with Crippen molar-refractivity contribution in [1.82, 2.24) is 9.55 Å². The smallest absolute Gasteiger partial charge is 0.330 e. The third kappa shape index (κ3) is 2.53. The van der Waals surface area contributed by atoms with Crippen LogP contribution in [0.3, 0.4) is 0 Å². The van der Waals surface area contributed by atoms with Gasteiger partial charge in [0, 0.05) is 24.8 Å². The Morgan fingerprint density at radius 3 is 2.50 bits per heavy atom. The van der Waals surface area contributed by atoms with E-state index < -0.39 is 42.4 Å². The highest BCUT2D eigenvalue weighted by atomic mass is 16.6. The number of nitrogens with zero attached hydrogens (tertiary/aromatic N) is 1. The van der Waals surface area contributed by atoms with Crippen LogP contribution in [0.1, 0.15) is 11.8 Å². The highest BCUT2D eigenvalue weighted by molar-refractivity contribution is 5.06. The summed E-state index contributed by atoms with van der Waals surface area (Å²) in [6, 6.07) is 0. The molecule has 9 heteroatoms. The molecule has 0 aliphatic carbocycles. The minimum absolute atomic E-state index is 0.0322. The molecule has 1 aliphatic heterocycles. The first kappa shape index (κ1) is 14.9. The number of aliphatic hydroxyl groups is 4. The Morgan fingerprint density at radius 2 is 1.95 bits per heavy atom.